The van der Waals surface area contributed by atoms with E-state index in [1.54, 1.807) is 6.20 Å². The van der Waals surface area contributed by atoms with Crippen LogP contribution in [0.3, 0.4) is 0 Å². The van der Waals surface area contributed by atoms with Gasteiger partial charge in [0, 0.05) is 18.7 Å². The van der Waals surface area contributed by atoms with E-state index in [0.717, 1.165) is 18.8 Å². The molecule has 2 aromatic rings. The van der Waals surface area contributed by atoms with Gasteiger partial charge < -0.3 is 9.67 Å². The highest BCUT2D eigenvalue weighted by Crippen LogP contribution is 2.33. The van der Waals surface area contributed by atoms with Crippen LogP contribution in [0.25, 0.3) is 0 Å². The van der Waals surface area contributed by atoms with Gasteiger partial charge in [0.1, 0.15) is 5.82 Å². The van der Waals surface area contributed by atoms with Crippen LogP contribution in [0.5, 0.6) is 0 Å². The van der Waals surface area contributed by atoms with Crippen molar-refractivity contribution in [2.45, 2.75) is 18.9 Å². The zero-order chi connectivity index (χ0) is 11.8. The predicted molar refractivity (Wildman–Crippen MR) is 62.1 cm³/mol. The number of nitrogens with zero attached hydrogens (tertiary/aromatic N) is 2. The fraction of sp³-hybridized carbons (Fsp3) is 0.231. The smallest absolute Gasteiger partial charge is 0.356 e. The molecule has 1 atom stereocenters. The summed E-state index contributed by atoms with van der Waals surface area (Å²) in [7, 11) is 0. The lowest BCUT2D eigenvalue weighted by Crippen LogP contribution is -2.01. The summed E-state index contributed by atoms with van der Waals surface area (Å²) in [6.45, 7) is 0.842. The van der Waals surface area contributed by atoms with Crippen molar-refractivity contribution in [2.24, 2.45) is 0 Å². The Bertz CT molecular complexity index is 560. The van der Waals surface area contributed by atoms with Crippen molar-refractivity contribution in [2.75, 3.05) is 0 Å². The van der Waals surface area contributed by atoms with Gasteiger partial charge in [0.2, 0.25) is 0 Å². The Labute approximate surface area is 98.5 Å². The maximum atomic E-state index is 10.9. The van der Waals surface area contributed by atoms with Crippen LogP contribution in [-0.4, -0.2) is 20.6 Å². The monoisotopic (exact) mass is 228 g/mol. The zero-order valence-corrected chi connectivity index (χ0v) is 9.21. The van der Waals surface area contributed by atoms with Crippen molar-refractivity contribution in [3.05, 3.63) is 53.6 Å². The van der Waals surface area contributed by atoms with Crippen molar-refractivity contribution in [1.29, 1.82) is 0 Å². The standard InChI is InChI=1S/C13H12N2O2/c16-13(17)11-8-15-7-6-10(12(15)14-11)9-4-2-1-3-5-9/h1-5,8,10H,6-7H2,(H,16,17). The summed E-state index contributed by atoms with van der Waals surface area (Å²) in [5.74, 6) is 0.136. The highest BCUT2D eigenvalue weighted by atomic mass is 16.4. The Morgan fingerprint density at radius 1 is 1.35 bits per heavy atom. The lowest BCUT2D eigenvalue weighted by atomic mass is 9.97. The van der Waals surface area contributed by atoms with Crippen LogP contribution in [-0.2, 0) is 6.54 Å². The number of rotatable bonds is 2. The molecule has 1 N–H and O–H groups in total. The highest BCUT2D eigenvalue weighted by Gasteiger charge is 2.27. The molecule has 0 fully saturated rings. The van der Waals surface area contributed by atoms with Gasteiger partial charge >= 0.3 is 5.97 Å². The molecule has 0 bridgehead atoms. The molecular weight excluding hydrogens is 216 g/mol. The van der Waals surface area contributed by atoms with Gasteiger partial charge in [0.05, 0.1) is 0 Å². The van der Waals surface area contributed by atoms with Crippen LogP contribution >= 0.6 is 0 Å². The van der Waals surface area contributed by atoms with Gasteiger partial charge in [-0.15, -0.1) is 0 Å². The number of fused-ring (bicyclic) bond motifs is 1. The molecule has 1 unspecified atom stereocenters. The average Bonchev–Trinajstić information content (AvgIpc) is 2.89. The largest absolute Gasteiger partial charge is 0.476 e. The number of imidazole rings is 1. The molecular formula is C13H12N2O2. The summed E-state index contributed by atoms with van der Waals surface area (Å²) in [6.07, 6.45) is 2.62. The summed E-state index contributed by atoms with van der Waals surface area (Å²) in [6, 6.07) is 10.1. The second-order valence-electron chi connectivity index (χ2n) is 4.23. The maximum absolute atomic E-state index is 10.9. The molecule has 17 heavy (non-hydrogen) atoms. The Morgan fingerprint density at radius 3 is 2.82 bits per heavy atom. The second kappa shape index (κ2) is 3.73. The first kappa shape index (κ1) is 10.1. The molecule has 0 radical (unpaired) electrons. The molecule has 0 saturated heterocycles. The van der Waals surface area contributed by atoms with E-state index in [-0.39, 0.29) is 11.6 Å². The third-order valence-corrected chi connectivity index (χ3v) is 3.20. The van der Waals surface area contributed by atoms with E-state index in [9.17, 15) is 4.79 Å². The molecule has 1 aliphatic rings. The summed E-state index contributed by atoms with van der Waals surface area (Å²) in [4.78, 5) is 15.1. The molecule has 2 heterocycles. The number of carbonyl (C=O) groups is 1. The summed E-state index contributed by atoms with van der Waals surface area (Å²) in [5, 5.41) is 8.92. The van der Waals surface area contributed by atoms with E-state index in [0.29, 0.717) is 0 Å². The Kier molecular flexibility index (Phi) is 2.21. The summed E-state index contributed by atoms with van der Waals surface area (Å²) in [5.41, 5.74) is 1.34. The fourth-order valence-electron chi connectivity index (χ4n) is 2.39. The van der Waals surface area contributed by atoms with Gasteiger partial charge in [0.15, 0.2) is 5.69 Å². The van der Waals surface area contributed by atoms with Gasteiger partial charge in [-0.25, -0.2) is 9.78 Å². The number of aromatic carboxylic acids is 1. The van der Waals surface area contributed by atoms with Crippen molar-refractivity contribution in [3.63, 3.8) is 0 Å². The number of carboxylic acid groups (broad SMARTS) is 1. The SMILES string of the molecule is O=C(O)c1cn2c(n1)C(c1ccccc1)CC2. The van der Waals surface area contributed by atoms with Gasteiger partial charge in [-0.2, -0.15) is 0 Å². The number of carboxylic acids is 1. The molecule has 1 aromatic heterocycles. The van der Waals surface area contributed by atoms with Gasteiger partial charge in [-0.3, -0.25) is 0 Å². The summed E-state index contributed by atoms with van der Waals surface area (Å²) >= 11 is 0. The lowest BCUT2D eigenvalue weighted by Gasteiger charge is -2.07. The Morgan fingerprint density at radius 2 is 2.12 bits per heavy atom. The molecule has 4 nitrogen and oxygen atoms in total. The van der Waals surface area contributed by atoms with E-state index in [4.69, 9.17) is 5.11 Å². The number of benzene rings is 1. The fourth-order valence-corrected chi connectivity index (χ4v) is 2.39. The highest BCUT2D eigenvalue weighted by molar-refractivity contribution is 5.85. The molecule has 1 aromatic carbocycles. The van der Waals surface area contributed by atoms with Crippen LogP contribution in [0.15, 0.2) is 36.5 Å². The molecule has 0 saturated carbocycles. The van der Waals surface area contributed by atoms with Crippen molar-refractivity contribution >= 4 is 5.97 Å². The van der Waals surface area contributed by atoms with E-state index >= 15 is 0 Å². The third kappa shape index (κ3) is 1.62. The van der Waals surface area contributed by atoms with E-state index in [1.807, 2.05) is 22.8 Å². The minimum atomic E-state index is -0.960. The van der Waals surface area contributed by atoms with Crippen molar-refractivity contribution < 1.29 is 9.90 Å². The van der Waals surface area contributed by atoms with Crippen LogP contribution in [0.2, 0.25) is 0 Å². The molecule has 0 aliphatic carbocycles. The molecule has 3 rings (SSSR count). The average molecular weight is 228 g/mol. The number of aromatic nitrogens is 2. The lowest BCUT2D eigenvalue weighted by molar-refractivity contribution is 0.0690. The van der Waals surface area contributed by atoms with Crippen LogP contribution < -0.4 is 0 Å². The molecule has 1 aliphatic heterocycles. The topological polar surface area (TPSA) is 55.1 Å². The van der Waals surface area contributed by atoms with Gasteiger partial charge in [-0.05, 0) is 12.0 Å². The van der Waals surface area contributed by atoms with Crippen LogP contribution in [0, 0.1) is 0 Å². The zero-order valence-electron chi connectivity index (χ0n) is 9.21. The Balaban J connectivity index is 2.01. The first-order valence-corrected chi connectivity index (χ1v) is 5.61. The van der Waals surface area contributed by atoms with E-state index in [1.165, 1.54) is 5.56 Å². The van der Waals surface area contributed by atoms with E-state index in [2.05, 4.69) is 17.1 Å². The normalized spacial score (nSPS) is 18.0. The van der Waals surface area contributed by atoms with Crippen molar-refractivity contribution in [1.82, 2.24) is 9.55 Å². The van der Waals surface area contributed by atoms with Crippen LogP contribution in [0.4, 0.5) is 0 Å². The first-order chi connectivity index (χ1) is 8.25. The minimum Gasteiger partial charge on any atom is -0.476 e. The second-order valence-corrected chi connectivity index (χ2v) is 4.23. The molecule has 86 valence electrons. The van der Waals surface area contributed by atoms with Gasteiger partial charge in [-0.1, -0.05) is 30.3 Å². The molecule has 0 spiro atoms. The van der Waals surface area contributed by atoms with Crippen LogP contribution in [0.1, 0.15) is 34.2 Å². The van der Waals surface area contributed by atoms with E-state index < -0.39 is 5.97 Å². The Hall–Kier alpha value is -2.10. The van der Waals surface area contributed by atoms with Gasteiger partial charge in [0.25, 0.3) is 0 Å². The quantitative estimate of drug-likeness (QED) is 0.856. The molecule has 4 heteroatoms. The van der Waals surface area contributed by atoms with Crippen molar-refractivity contribution in [3.8, 4) is 0 Å². The number of hydrogen-bond acceptors (Lipinski definition) is 2. The third-order valence-electron chi connectivity index (χ3n) is 3.20. The predicted octanol–water partition coefficient (Wildman–Crippen LogP) is 2.12. The molecule has 0 amide bonds. The minimum absolute atomic E-state index is 0.139. The summed E-state index contributed by atoms with van der Waals surface area (Å²) < 4.78 is 1.95. The maximum Gasteiger partial charge on any atom is 0.356 e. The number of hydrogen-bond donors (Lipinski definition) is 1. The number of aryl methyl sites for hydroxylation is 1. The first-order valence-electron chi connectivity index (χ1n) is 5.61.